The van der Waals surface area contributed by atoms with Gasteiger partial charge in [0.05, 0.1) is 0 Å². The van der Waals surface area contributed by atoms with Gasteiger partial charge in [0.25, 0.3) is 0 Å². The van der Waals surface area contributed by atoms with Crippen LogP contribution in [0, 0.1) is 0 Å². The van der Waals surface area contributed by atoms with Gasteiger partial charge in [-0.15, -0.1) is 0 Å². The van der Waals surface area contributed by atoms with Crippen molar-refractivity contribution >= 4 is 23.2 Å². The number of nitrogens with one attached hydrogen (secondary N) is 1. The van der Waals surface area contributed by atoms with E-state index in [4.69, 9.17) is 0 Å². The average Bonchev–Trinajstić information content (AvgIpc) is 3.25. The van der Waals surface area contributed by atoms with Crippen LogP contribution in [0.3, 0.4) is 0 Å². The molecule has 1 heterocycles. The van der Waals surface area contributed by atoms with Crippen molar-refractivity contribution in [2.24, 2.45) is 0 Å². The molecular formula is C21H21N4P. The van der Waals surface area contributed by atoms with Crippen molar-refractivity contribution in [3.05, 3.63) is 96.8 Å². The summed E-state index contributed by atoms with van der Waals surface area (Å²) in [4.78, 5) is 0. The molecule has 0 aliphatic rings. The fourth-order valence-electron chi connectivity index (χ4n) is 3.69. The molecule has 130 valence electrons. The van der Waals surface area contributed by atoms with Gasteiger partial charge in [-0.3, -0.25) is 0 Å². The van der Waals surface area contributed by atoms with Gasteiger partial charge in [-0.1, -0.05) is 0 Å². The first-order chi connectivity index (χ1) is 12.9. The molecule has 0 amide bonds. The van der Waals surface area contributed by atoms with Crippen LogP contribution in [0.2, 0.25) is 0 Å². The number of benzene rings is 3. The first kappa shape index (κ1) is 16.6. The van der Waals surface area contributed by atoms with Crippen molar-refractivity contribution in [2.75, 3.05) is 6.16 Å². The van der Waals surface area contributed by atoms with Crippen molar-refractivity contribution < 1.29 is 0 Å². The third-order valence-electron chi connectivity index (χ3n) is 4.91. The third-order valence-corrected chi connectivity index (χ3v) is 9.87. The molecule has 3 aromatic carbocycles. The van der Waals surface area contributed by atoms with E-state index in [-0.39, 0.29) is 0 Å². The molecule has 4 nitrogen and oxygen atoms in total. The van der Waals surface area contributed by atoms with Gasteiger partial charge in [0, 0.05) is 0 Å². The number of tetrazole rings is 1. The van der Waals surface area contributed by atoms with Gasteiger partial charge in [0.1, 0.15) is 0 Å². The van der Waals surface area contributed by atoms with E-state index in [2.05, 4.69) is 112 Å². The third kappa shape index (κ3) is 3.16. The summed E-state index contributed by atoms with van der Waals surface area (Å²) in [6, 6.07) is 32.7. The molecule has 1 aromatic heterocycles. The summed E-state index contributed by atoms with van der Waals surface area (Å²) in [5.74, 6) is 0.768. The summed E-state index contributed by atoms with van der Waals surface area (Å²) >= 11 is 0. The Morgan fingerprint density at radius 3 is 1.50 bits per heavy atom. The number of H-pyrrole nitrogens is 1. The Bertz CT molecular complexity index is 829. The first-order valence-electron chi connectivity index (χ1n) is 8.78. The van der Waals surface area contributed by atoms with Gasteiger partial charge in [-0.2, -0.15) is 0 Å². The second kappa shape index (κ2) is 7.59. The van der Waals surface area contributed by atoms with E-state index in [1.165, 1.54) is 15.9 Å². The summed E-state index contributed by atoms with van der Waals surface area (Å²) in [6.45, 7) is 0. The number of aryl methyl sites for hydroxylation is 1. The molecule has 0 aliphatic heterocycles. The number of aromatic amines is 1. The number of rotatable bonds is 6. The van der Waals surface area contributed by atoms with Crippen molar-refractivity contribution in [1.29, 1.82) is 0 Å². The Balaban J connectivity index is 1.90. The summed E-state index contributed by atoms with van der Waals surface area (Å²) in [6.07, 6.45) is 1.78. The monoisotopic (exact) mass is 360 g/mol. The van der Waals surface area contributed by atoms with E-state index in [0.717, 1.165) is 18.4 Å². The maximum absolute atomic E-state index is 4.18. The van der Waals surface area contributed by atoms with Gasteiger partial charge in [-0.05, 0) is 0 Å². The van der Waals surface area contributed by atoms with Gasteiger partial charge in [0.2, 0.25) is 0 Å². The molecule has 0 unspecified atom stereocenters. The van der Waals surface area contributed by atoms with Crippen LogP contribution in [0.15, 0.2) is 91.0 Å². The minimum absolute atomic E-state index is 0.768. The van der Waals surface area contributed by atoms with Crippen LogP contribution in [0.25, 0.3) is 0 Å². The molecule has 4 aromatic rings. The summed E-state index contributed by atoms with van der Waals surface area (Å²) in [5, 5.41) is 18.9. The van der Waals surface area contributed by atoms with E-state index >= 15 is 0 Å². The Morgan fingerprint density at radius 2 is 1.12 bits per heavy atom. The van der Waals surface area contributed by atoms with Gasteiger partial charge < -0.3 is 0 Å². The van der Waals surface area contributed by atoms with Gasteiger partial charge in [-0.25, -0.2) is 0 Å². The van der Waals surface area contributed by atoms with E-state index in [0.29, 0.717) is 0 Å². The summed E-state index contributed by atoms with van der Waals surface area (Å²) in [7, 11) is -2.20. The maximum atomic E-state index is 4.18. The molecule has 0 bridgehead atoms. The number of nitrogens with zero attached hydrogens (tertiary/aromatic N) is 3. The van der Waals surface area contributed by atoms with Crippen LogP contribution in [0.5, 0.6) is 0 Å². The molecule has 4 rings (SSSR count). The number of hydrogen-bond acceptors (Lipinski definition) is 3. The van der Waals surface area contributed by atoms with Crippen LogP contribution >= 0.6 is 7.26 Å². The van der Waals surface area contributed by atoms with E-state index in [1.54, 1.807) is 0 Å². The molecule has 0 radical (unpaired) electrons. The van der Waals surface area contributed by atoms with Crippen LogP contribution in [-0.2, 0) is 6.42 Å². The molecule has 5 heteroatoms. The van der Waals surface area contributed by atoms with Crippen LogP contribution in [0.1, 0.15) is 5.82 Å². The normalized spacial score (nSPS) is 12.0. The second-order valence-corrected chi connectivity index (χ2v) is 10.4. The van der Waals surface area contributed by atoms with Gasteiger partial charge >= 0.3 is 153 Å². The Labute approximate surface area is 153 Å². The number of aromatic nitrogens is 4. The Kier molecular flexibility index (Phi) is 4.85. The molecule has 0 saturated carbocycles. The summed E-state index contributed by atoms with van der Waals surface area (Å²) < 4.78 is 0. The van der Waals surface area contributed by atoms with E-state index in [9.17, 15) is 0 Å². The average molecular weight is 360 g/mol. The first-order valence-corrected chi connectivity index (χ1v) is 11.0. The van der Waals surface area contributed by atoms with Gasteiger partial charge in [0.15, 0.2) is 0 Å². The zero-order valence-corrected chi connectivity index (χ0v) is 15.4. The molecule has 0 aliphatic carbocycles. The van der Waals surface area contributed by atoms with Crippen LogP contribution in [-0.4, -0.2) is 26.8 Å². The Morgan fingerprint density at radius 1 is 0.654 bits per heavy atom. The second-order valence-electron chi connectivity index (χ2n) is 6.33. The Hall–Kier alpha value is -2.84. The molecule has 0 atom stereocenters. The molecule has 26 heavy (non-hydrogen) atoms. The fraction of sp³-hybridized carbons (Fsp3) is 0.0952. The van der Waals surface area contributed by atoms with Crippen LogP contribution < -0.4 is 15.9 Å². The summed E-state index contributed by atoms with van der Waals surface area (Å²) in [5.41, 5.74) is 0. The molecule has 0 fully saturated rings. The standard InChI is InChI=1S/C21H21N4P/c1-4-10-18(11-5-1)26(19-12-6-2-7-13-19,20-14-8-3-9-15-20)17-16-21-22-24-25-23-21/h1-15,26H,16-17H2,(H,22,23,24,25). The van der Waals surface area contributed by atoms with Crippen molar-refractivity contribution in [3.63, 3.8) is 0 Å². The fourth-order valence-corrected chi connectivity index (χ4v) is 8.44. The predicted molar refractivity (Wildman–Crippen MR) is 109 cm³/mol. The zero-order chi connectivity index (χ0) is 17.7. The molecule has 1 N–H and O–H groups in total. The molecule has 0 saturated heterocycles. The SMILES string of the molecule is c1ccc([PH](CCc2nn[nH]n2)(c2ccccc2)c2ccccc2)cc1. The van der Waals surface area contributed by atoms with Crippen molar-refractivity contribution in [1.82, 2.24) is 20.6 Å². The van der Waals surface area contributed by atoms with Crippen molar-refractivity contribution in [3.8, 4) is 0 Å². The van der Waals surface area contributed by atoms with Crippen molar-refractivity contribution in [2.45, 2.75) is 6.42 Å². The topological polar surface area (TPSA) is 54.5 Å². The predicted octanol–water partition coefficient (Wildman–Crippen LogP) is 2.47. The van der Waals surface area contributed by atoms with Crippen LogP contribution in [0.4, 0.5) is 0 Å². The zero-order valence-electron chi connectivity index (χ0n) is 14.4. The van der Waals surface area contributed by atoms with E-state index < -0.39 is 7.26 Å². The number of hydrogen-bond donors (Lipinski definition) is 1. The quantitative estimate of drug-likeness (QED) is 0.538. The molecular weight excluding hydrogens is 339 g/mol. The van der Waals surface area contributed by atoms with E-state index in [1.807, 2.05) is 0 Å². The minimum atomic E-state index is -2.20. The molecule has 0 spiro atoms.